The monoisotopic (exact) mass is 370 g/mol. The smallest absolute Gasteiger partial charge is 0.337 e. The van der Waals surface area contributed by atoms with E-state index in [4.69, 9.17) is 0 Å². The normalized spacial score (nSPS) is 11.0. The van der Waals surface area contributed by atoms with E-state index in [0.717, 1.165) is 0 Å². The van der Waals surface area contributed by atoms with E-state index >= 15 is 0 Å². The van der Waals surface area contributed by atoms with E-state index < -0.39 is 16.0 Å². The molecule has 0 spiro atoms. The molecule has 0 aliphatic carbocycles. The van der Waals surface area contributed by atoms with E-state index in [-0.39, 0.29) is 10.5 Å². The van der Waals surface area contributed by atoms with Crippen molar-refractivity contribution in [1.82, 2.24) is 4.98 Å². The highest BCUT2D eigenvalue weighted by atomic mass is 79.9. The number of sulfonamides is 1. The van der Waals surface area contributed by atoms with Crippen molar-refractivity contribution in [1.29, 1.82) is 0 Å². The number of nitrogens with one attached hydrogen (secondary N) is 1. The topological polar surface area (TPSA) is 85.4 Å². The molecule has 2 rings (SSSR count). The van der Waals surface area contributed by atoms with Crippen molar-refractivity contribution in [2.75, 3.05) is 11.8 Å². The first kappa shape index (κ1) is 15.5. The lowest BCUT2D eigenvalue weighted by atomic mass is 10.2. The number of nitrogens with zero attached hydrogens (tertiary/aromatic N) is 1. The number of methoxy groups -OCH3 is 1. The summed E-state index contributed by atoms with van der Waals surface area (Å²) >= 11 is 3.16. The molecule has 1 aromatic carbocycles. The summed E-state index contributed by atoms with van der Waals surface area (Å²) in [7, 11) is -2.50. The molecule has 1 aromatic heterocycles. The van der Waals surface area contributed by atoms with Gasteiger partial charge in [-0.05, 0) is 52.3 Å². The Labute approximate surface area is 130 Å². The van der Waals surface area contributed by atoms with Gasteiger partial charge in [0.1, 0.15) is 4.60 Å². The lowest BCUT2D eigenvalue weighted by Crippen LogP contribution is -2.14. The number of esters is 1. The van der Waals surface area contributed by atoms with Gasteiger partial charge in [0.25, 0.3) is 10.0 Å². The molecule has 0 aliphatic rings. The Morgan fingerprint density at radius 2 is 1.90 bits per heavy atom. The average Bonchev–Trinajstić information content (AvgIpc) is 2.49. The fourth-order valence-electron chi connectivity index (χ4n) is 1.55. The molecule has 21 heavy (non-hydrogen) atoms. The van der Waals surface area contributed by atoms with Crippen LogP contribution in [0.25, 0.3) is 0 Å². The molecule has 6 nitrogen and oxygen atoms in total. The van der Waals surface area contributed by atoms with Gasteiger partial charge < -0.3 is 4.74 Å². The van der Waals surface area contributed by atoms with Crippen LogP contribution in [-0.2, 0) is 14.8 Å². The molecule has 0 saturated carbocycles. The van der Waals surface area contributed by atoms with E-state index in [1.165, 1.54) is 37.6 Å². The zero-order valence-electron chi connectivity index (χ0n) is 10.9. The molecule has 1 N–H and O–H groups in total. The summed E-state index contributed by atoms with van der Waals surface area (Å²) in [6, 6.07) is 8.63. The molecule has 0 atom stereocenters. The number of rotatable bonds is 4. The lowest BCUT2D eigenvalue weighted by molar-refractivity contribution is 0.0600. The first-order valence-corrected chi connectivity index (χ1v) is 8.03. The zero-order chi connectivity index (χ0) is 15.5. The second-order valence-electron chi connectivity index (χ2n) is 3.96. The minimum Gasteiger partial charge on any atom is -0.465 e. The quantitative estimate of drug-likeness (QED) is 0.659. The van der Waals surface area contributed by atoms with Crippen LogP contribution in [-0.4, -0.2) is 26.5 Å². The number of carbonyl (C=O) groups excluding carboxylic acids is 1. The van der Waals surface area contributed by atoms with Gasteiger partial charge in [0.2, 0.25) is 0 Å². The summed E-state index contributed by atoms with van der Waals surface area (Å²) in [5, 5.41) is 0. The predicted octanol–water partition coefficient (Wildman–Crippen LogP) is 2.43. The van der Waals surface area contributed by atoms with Gasteiger partial charge in [0.05, 0.1) is 23.3 Å². The van der Waals surface area contributed by atoms with Crippen molar-refractivity contribution < 1.29 is 17.9 Å². The maximum Gasteiger partial charge on any atom is 0.337 e. The molecule has 0 amide bonds. The van der Waals surface area contributed by atoms with Crippen LogP contribution in [0.3, 0.4) is 0 Å². The van der Waals surface area contributed by atoms with Crippen LogP contribution in [0.4, 0.5) is 5.69 Å². The molecule has 0 saturated heterocycles. The van der Waals surface area contributed by atoms with Crippen molar-refractivity contribution in [2.24, 2.45) is 0 Å². The lowest BCUT2D eigenvalue weighted by Gasteiger charge is -2.09. The Morgan fingerprint density at radius 3 is 2.48 bits per heavy atom. The van der Waals surface area contributed by atoms with Gasteiger partial charge in [-0.25, -0.2) is 18.2 Å². The molecule has 2 aromatic rings. The fourth-order valence-corrected chi connectivity index (χ4v) is 3.10. The third-order valence-electron chi connectivity index (χ3n) is 2.59. The summed E-state index contributed by atoms with van der Waals surface area (Å²) in [6.45, 7) is 0. The summed E-state index contributed by atoms with van der Waals surface area (Å²) < 4.78 is 31.8. The summed E-state index contributed by atoms with van der Waals surface area (Å²) in [4.78, 5) is 15.3. The highest BCUT2D eigenvalue weighted by molar-refractivity contribution is 9.10. The van der Waals surface area contributed by atoms with E-state index in [2.05, 4.69) is 30.4 Å². The highest BCUT2D eigenvalue weighted by Crippen LogP contribution is 2.22. The Bertz CT molecular complexity index is 760. The Kier molecular flexibility index (Phi) is 4.59. The Hall–Kier alpha value is -1.93. The predicted molar refractivity (Wildman–Crippen MR) is 80.5 cm³/mol. The second-order valence-corrected chi connectivity index (χ2v) is 6.40. The molecule has 8 heteroatoms. The largest absolute Gasteiger partial charge is 0.465 e. The summed E-state index contributed by atoms with van der Waals surface area (Å²) in [5.74, 6) is -0.526. The van der Waals surface area contributed by atoms with Gasteiger partial charge in [0, 0.05) is 6.20 Å². The fraction of sp³-hybridized carbons (Fsp3) is 0.0769. The van der Waals surface area contributed by atoms with E-state index in [1.807, 2.05) is 0 Å². The molecule has 110 valence electrons. The van der Waals surface area contributed by atoms with Crippen molar-refractivity contribution in [2.45, 2.75) is 4.90 Å². The van der Waals surface area contributed by atoms with Crippen LogP contribution in [0.2, 0.25) is 0 Å². The second kappa shape index (κ2) is 6.23. The molecule has 0 unspecified atom stereocenters. The van der Waals surface area contributed by atoms with Crippen molar-refractivity contribution in [3.63, 3.8) is 0 Å². The third kappa shape index (κ3) is 3.59. The minimum atomic E-state index is -3.76. The van der Waals surface area contributed by atoms with Crippen LogP contribution in [0.5, 0.6) is 0 Å². The van der Waals surface area contributed by atoms with Gasteiger partial charge in [-0.3, -0.25) is 4.72 Å². The maximum absolute atomic E-state index is 12.2. The number of hydrogen-bond donors (Lipinski definition) is 1. The first-order valence-electron chi connectivity index (χ1n) is 5.76. The zero-order valence-corrected chi connectivity index (χ0v) is 13.3. The standard InChI is InChI=1S/C13H11BrN2O4S/c1-20-13(17)9-4-6-10(7-5-9)21(18,19)16-11-3-2-8-15-12(11)14/h2-8,16H,1H3. The number of anilines is 1. The molecular formula is C13H11BrN2O4S. The van der Waals surface area contributed by atoms with Gasteiger partial charge >= 0.3 is 5.97 Å². The van der Waals surface area contributed by atoms with Gasteiger partial charge in [0.15, 0.2) is 0 Å². The molecule has 0 aliphatic heterocycles. The van der Waals surface area contributed by atoms with Gasteiger partial charge in [-0.1, -0.05) is 0 Å². The summed E-state index contributed by atoms with van der Waals surface area (Å²) in [6.07, 6.45) is 1.53. The molecule has 1 heterocycles. The van der Waals surface area contributed by atoms with Gasteiger partial charge in [-0.15, -0.1) is 0 Å². The molecule has 0 bridgehead atoms. The number of pyridine rings is 1. The van der Waals surface area contributed by atoms with Crippen LogP contribution in [0, 0.1) is 0 Å². The number of hydrogen-bond acceptors (Lipinski definition) is 5. The van der Waals surface area contributed by atoms with Crippen LogP contribution >= 0.6 is 15.9 Å². The van der Waals surface area contributed by atoms with E-state index in [0.29, 0.717) is 10.3 Å². The van der Waals surface area contributed by atoms with Crippen LogP contribution in [0.1, 0.15) is 10.4 Å². The van der Waals surface area contributed by atoms with E-state index in [1.54, 1.807) is 12.1 Å². The van der Waals surface area contributed by atoms with Crippen LogP contribution in [0.15, 0.2) is 52.1 Å². The summed E-state index contributed by atoms with van der Waals surface area (Å²) in [5.41, 5.74) is 0.605. The Balaban J connectivity index is 2.28. The molecular weight excluding hydrogens is 360 g/mol. The van der Waals surface area contributed by atoms with Crippen molar-refractivity contribution in [3.8, 4) is 0 Å². The van der Waals surface area contributed by atoms with E-state index in [9.17, 15) is 13.2 Å². The minimum absolute atomic E-state index is 0.0332. The number of aromatic nitrogens is 1. The first-order chi connectivity index (χ1) is 9.94. The number of benzene rings is 1. The molecule has 0 radical (unpaired) electrons. The maximum atomic E-state index is 12.2. The van der Waals surface area contributed by atoms with Crippen molar-refractivity contribution >= 4 is 37.6 Å². The highest BCUT2D eigenvalue weighted by Gasteiger charge is 2.16. The van der Waals surface area contributed by atoms with Crippen molar-refractivity contribution in [3.05, 3.63) is 52.8 Å². The number of halogens is 1. The third-order valence-corrected chi connectivity index (χ3v) is 4.60. The number of carbonyl (C=O) groups is 1. The average molecular weight is 371 g/mol. The Morgan fingerprint density at radius 1 is 1.24 bits per heavy atom. The van der Waals surface area contributed by atoms with Gasteiger partial charge in [-0.2, -0.15) is 0 Å². The molecule has 0 fully saturated rings. The SMILES string of the molecule is COC(=O)c1ccc(S(=O)(=O)Nc2cccnc2Br)cc1. The number of ether oxygens (including phenoxy) is 1. The van der Waals surface area contributed by atoms with Crippen LogP contribution < -0.4 is 4.72 Å².